The number of rotatable bonds is 3. The van der Waals surface area contributed by atoms with E-state index in [-0.39, 0.29) is 0 Å². The van der Waals surface area contributed by atoms with Gasteiger partial charge in [-0.25, -0.2) is 0 Å². The lowest BCUT2D eigenvalue weighted by atomic mass is 9.83. The first kappa shape index (κ1) is 24.8. The van der Waals surface area contributed by atoms with Crippen LogP contribution >= 0.6 is 0 Å². The van der Waals surface area contributed by atoms with Crippen molar-refractivity contribution in [3.63, 3.8) is 0 Å². The zero-order valence-corrected chi connectivity index (χ0v) is 24.2. The molecule has 9 aromatic rings. The van der Waals surface area contributed by atoms with Crippen LogP contribution in [0.15, 0.2) is 150 Å². The van der Waals surface area contributed by atoms with Crippen LogP contribution in [0.1, 0.15) is 5.69 Å². The maximum absolute atomic E-state index is 6.69. The molecule has 0 radical (unpaired) electrons. The quantitative estimate of drug-likeness (QED) is 0.201. The third kappa shape index (κ3) is 3.58. The summed E-state index contributed by atoms with van der Waals surface area (Å²) in [4.78, 5) is 4.60. The summed E-state index contributed by atoms with van der Waals surface area (Å²) in [7, 11) is 0. The van der Waals surface area contributed by atoms with Crippen molar-refractivity contribution in [2.45, 2.75) is 6.92 Å². The maximum atomic E-state index is 6.69. The Hall–Kier alpha value is -5.73. The molecule has 2 heterocycles. The molecule has 7 aromatic carbocycles. The summed E-state index contributed by atoms with van der Waals surface area (Å²) in [6.45, 7) is 2.06. The van der Waals surface area contributed by atoms with Crippen molar-refractivity contribution in [3.8, 4) is 33.4 Å². The van der Waals surface area contributed by atoms with Crippen molar-refractivity contribution in [2.75, 3.05) is 0 Å². The van der Waals surface area contributed by atoms with Gasteiger partial charge < -0.3 is 4.42 Å². The van der Waals surface area contributed by atoms with Gasteiger partial charge in [-0.1, -0.05) is 121 Å². The van der Waals surface area contributed by atoms with E-state index in [0.717, 1.165) is 38.8 Å². The van der Waals surface area contributed by atoms with Crippen LogP contribution in [-0.2, 0) is 0 Å². The average Bonchev–Trinajstić information content (AvgIpc) is 3.47. The van der Waals surface area contributed by atoms with Gasteiger partial charge in [0, 0.05) is 33.8 Å². The third-order valence-electron chi connectivity index (χ3n) is 9.08. The van der Waals surface area contributed by atoms with E-state index in [9.17, 15) is 0 Å². The second-order valence-corrected chi connectivity index (χ2v) is 11.5. The van der Waals surface area contributed by atoms with E-state index in [1.165, 1.54) is 54.6 Å². The molecular weight excluding hydrogens is 534 g/mol. The Labute approximate surface area is 254 Å². The lowest BCUT2D eigenvalue weighted by Crippen LogP contribution is -1.93. The Morgan fingerprint density at radius 1 is 0.432 bits per heavy atom. The van der Waals surface area contributed by atoms with E-state index in [2.05, 4.69) is 139 Å². The normalized spacial score (nSPS) is 11.8. The molecule has 0 unspecified atom stereocenters. The Morgan fingerprint density at radius 2 is 0.977 bits per heavy atom. The lowest BCUT2D eigenvalue weighted by molar-refractivity contribution is 0.670. The smallest absolute Gasteiger partial charge is 0.143 e. The highest BCUT2D eigenvalue weighted by atomic mass is 16.3. The number of hydrogen-bond donors (Lipinski definition) is 0. The van der Waals surface area contributed by atoms with Crippen LogP contribution in [0, 0.1) is 6.92 Å². The highest BCUT2D eigenvalue weighted by Gasteiger charge is 2.23. The van der Waals surface area contributed by atoms with Gasteiger partial charge in [0.15, 0.2) is 0 Å². The van der Waals surface area contributed by atoms with Crippen molar-refractivity contribution in [2.24, 2.45) is 0 Å². The number of pyridine rings is 1. The molecule has 0 saturated carbocycles. The molecule has 0 aliphatic carbocycles. The van der Waals surface area contributed by atoms with Crippen molar-refractivity contribution >= 4 is 54.3 Å². The Morgan fingerprint density at radius 3 is 1.68 bits per heavy atom. The minimum atomic E-state index is 0.888. The second kappa shape index (κ2) is 9.65. The monoisotopic (exact) mass is 561 g/mol. The summed E-state index contributed by atoms with van der Waals surface area (Å²) >= 11 is 0. The van der Waals surface area contributed by atoms with Gasteiger partial charge in [-0.3, -0.25) is 4.98 Å². The van der Waals surface area contributed by atoms with Gasteiger partial charge in [-0.05, 0) is 79.7 Å². The fraction of sp³-hybridized carbons (Fsp3) is 0.0238. The molecule has 0 aliphatic rings. The van der Waals surface area contributed by atoms with Crippen LogP contribution in [0.3, 0.4) is 0 Å². The number of para-hydroxylation sites is 1. The van der Waals surface area contributed by atoms with Gasteiger partial charge in [-0.15, -0.1) is 0 Å². The summed E-state index contributed by atoms with van der Waals surface area (Å²) < 4.78 is 6.69. The van der Waals surface area contributed by atoms with Crippen LogP contribution in [0.2, 0.25) is 0 Å². The molecule has 0 amide bonds. The predicted molar refractivity (Wildman–Crippen MR) is 185 cm³/mol. The number of aromatic nitrogens is 1. The molecule has 0 aliphatic heterocycles. The van der Waals surface area contributed by atoms with Crippen molar-refractivity contribution < 1.29 is 4.42 Å². The topological polar surface area (TPSA) is 26.0 Å². The van der Waals surface area contributed by atoms with Crippen molar-refractivity contribution in [3.05, 3.63) is 151 Å². The van der Waals surface area contributed by atoms with Gasteiger partial charge >= 0.3 is 0 Å². The number of aryl methyl sites for hydroxylation is 1. The fourth-order valence-corrected chi connectivity index (χ4v) is 7.17. The summed E-state index contributed by atoms with van der Waals surface area (Å²) in [5.41, 5.74) is 9.84. The molecule has 0 spiro atoms. The molecule has 2 nitrogen and oxygen atoms in total. The zero-order chi connectivity index (χ0) is 29.2. The molecular formula is C42H27NO. The van der Waals surface area contributed by atoms with Crippen molar-refractivity contribution in [1.82, 2.24) is 4.98 Å². The number of furan rings is 1. The van der Waals surface area contributed by atoms with Gasteiger partial charge in [0.25, 0.3) is 0 Å². The first-order valence-electron chi connectivity index (χ1n) is 15.1. The molecule has 206 valence electrons. The van der Waals surface area contributed by atoms with Crippen LogP contribution < -0.4 is 0 Å². The Balaban J connectivity index is 1.46. The highest BCUT2D eigenvalue weighted by Crippen LogP contribution is 2.49. The summed E-state index contributed by atoms with van der Waals surface area (Å²) in [6, 6.07) is 50.1. The van der Waals surface area contributed by atoms with Gasteiger partial charge in [-0.2, -0.15) is 0 Å². The first-order valence-corrected chi connectivity index (χ1v) is 15.1. The lowest BCUT2D eigenvalue weighted by Gasteiger charge is -2.19. The Bertz CT molecular complexity index is 2510. The SMILES string of the molecule is Cc1ncccc1-c1ccc(-c2c3ccccc3c(-c3cccc4ccccc34)c3ccccc23)c2c1oc1ccccc12. The van der Waals surface area contributed by atoms with Crippen LogP contribution in [-0.4, -0.2) is 4.98 Å². The fourth-order valence-electron chi connectivity index (χ4n) is 7.17. The van der Waals surface area contributed by atoms with Crippen molar-refractivity contribution in [1.29, 1.82) is 0 Å². The molecule has 0 bridgehead atoms. The van der Waals surface area contributed by atoms with E-state index in [1.54, 1.807) is 0 Å². The van der Waals surface area contributed by atoms with Gasteiger partial charge in [0.2, 0.25) is 0 Å². The summed E-state index contributed by atoms with van der Waals surface area (Å²) in [6.07, 6.45) is 1.85. The molecule has 0 fully saturated rings. The number of nitrogens with zero attached hydrogens (tertiary/aromatic N) is 1. The molecule has 9 rings (SSSR count). The van der Waals surface area contributed by atoms with Crippen LogP contribution in [0.25, 0.3) is 87.6 Å². The predicted octanol–water partition coefficient (Wildman–Crippen LogP) is 11.8. The van der Waals surface area contributed by atoms with E-state index in [4.69, 9.17) is 4.42 Å². The third-order valence-corrected chi connectivity index (χ3v) is 9.08. The van der Waals surface area contributed by atoms with Crippen LogP contribution in [0.5, 0.6) is 0 Å². The minimum absolute atomic E-state index is 0.888. The van der Waals surface area contributed by atoms with Crippen LogP contribution in [0.4, 0.5) is 0 Å². The molecule has 2 aromatic heterocycles. The van der Waals surface area contributed by atoms with E-state index in [0.29, 0.717) is 0 Å². The standard InChI is InChI=1S/C42H27NO/c1-26-28(21-11-25-43-26)35-23-24-37(41-36-19-8-9-22-38(36)44-42(35)41)40-33-17-6-4-15-31(33)39(32-16-5-7-18-34(32)40)30-20-10-13-27-12-2-3-14-29(27)30/h2-25H,1H3. The summed E-state index contributed by atoms with van der Waals surface area (Å²) in [5.74, 6) is 0. The second-order valence-electron chi connectivity index (χ2n) is 11.5. The number of fused-ring (bicyclic) bond motifs is 6. The van der Waals surface area contributed by atoms with Gasteiger partial charge in [0.1, 0.15) is 11.2 Å². The largest absolute Gasteiger partial charge is 0.455 e. The van der Waals surface area contributed by atoms with E-state index in [1.807, 2.05) is 18.3 Å². The van der Waals surface area contributed by atoms with E-state index < -0.39 is 0 Å². The molecule has 0 N–H and O–H groups in total. The molecule has 2 heteroatoms. The summed E-state index contributed by atoms with van der Waals surface area (Å²) in [5, 5.41) is 9.70. The molecule has 0 saturated heterocycles. The number of hydrogen-bond acceptors (Lipinski definition) is 2. The molecule has 44 heavy (non-hydrogen) atoms. The first-order chi connectivity index (χ1) is 21.8. The maximum Gasteiger partial charge on any atom is 0.143 e. The minimum Gasteiger partial charge on any atom is -0.455 e. The number of benzene rings is 7. The zero-order valence-electron chi connectivity index (χ0n) is 24.2. The van der Waals surface area contributed by atoms with E-state index >= 15 is 0 Å². The van der Waals surface area contributed by atoms with Gasteiger partial charge in [0.05, 0.1) is 0 Å². The average molecular weight is 562 g/mol. The highest BCUT2D eigenvalue weighted by molar-refractivity contribution is 6.27. The Kier molecular flexibility index (Phi) is 5.45. The molecule has 0 atom stereocenters.